The van der Waals surface area contributed by atoms with E-state index < -0.39 is 0 Å². The lowest BCUT2D eigenvalue weighted by atomic mass is 9.86. The Bertz CT molecular complexity index is 436. The summed E-state index contributed by atoms with van der Waals surface area (Å²) in [5, 5.41) is 3.58. The smallest absolute Gasteiger partial charge is 0.308 e. The van der Waals surface area contributed by atoms with E-state index in [1.165, 1.54) is 18.2 Å². The molecule has 0 aromatic heterocycles. The molecule has 1 saturated carbocycles. The minimum atomic E-state index is -0.0535. The fraction of sp³-hybridized carbons (Fsp3) is 0.588. The molecule has 1 N–H and O–H groups in total. The molecule has 21 heavy (non-hydrogen) atoms. The topological polar surface area (TPSA) is 47.6 Å². The first kappa shape index (κ1) is 16.0. The summed E-state index contributed by atoms with van der Waals surface area (Å²) in [6.07, 6.45) is 3.94. The Kier molecular flexibility index (Phi) is 6.21. The molecule has 1 aromatic carbocycles. The molecule has 0 radical (unpaired) electrons. The third kappa shape index (κ3) is 4.83. The van der Waals surface area contributed by atoms with Crippen molar-refractivity contribution < 1.29 is 14.3 Å². The van der Waals surface area contributed by atoms with Crippen LogP contribution in [-0.4, -0.2) is 26.2 Å². The molecule has 0 saturated heterocycles. The van der Waals surface area contributed by atoms with Gasteiger partial charge in [0, 0.05) is 19.7 Å². The van der Waals surface area contributed by atoms with Gasteiger partial charge in [-0.1, -0.05) is 24.3 Å². The van der Waals surface area contributed by atoms with Crippen molar-refractivity contribution >= 4 is 5.97 Å². The lowest BCUT2D eigenvalue weighted by molar-refractivity contribution is -0.146. The van der Waals surface area contributed by atoms with Crippen LogP contribution in [0.2, 0.25) is 0 Å². The summed E-state index contributed by atoms with van der Waals surface area (Å²) >= 11 is 0. The van der Waals surface area contributed by atoms with Gasteiger partial charge in [-0.15, -0.1) is 0 Å². The Morgan fingerprint density at radius 2 is 1.71 bits per heavy atom. The summed E-state index contributed by atoms with van der Waals surface area (Å²) in [6, 6.07) is 9.00. The normalized spacial score (nSPS) is 22.0. The van der Waals surface area contributed by atoms with Crippen molar-refractivity contribution in [1.82, 2.24) is 5.32 Å². The molecule has 4 heteroatoms. The first-order valence-electron chi connectivity index (χ1n) is 7.61. The van der Waals surface area contributed by atoms with E-state index in [1.807, 2.05) is 0 Å². The maximum atomic E-state index is 11.5. The zero-order chi connectivity index (χ0) is 15.1. The molecule has 116 valence electrons. The largest absolute Gasteiger partial charge is 0.469 e. The average Bonchev–Trinajstić information content (AvgIpc) is 2.54. The monoisotopic (exact) mass is 291 g/mol. The summed E-state index contributed by atoms with van der Waals surface area (Å²) in [7, 11) is 3.18. The third-order valence-corrected chi connectivity index (χ3v) is 4.19. The van der Waals surface area contributed by atoms with Crippen molar-refractivity contribution in [2.75, 3.05) is 14.2 Å². The zero-order valence-electron chi connectivity index (χ0n) is 12.9. The number of carbonyl (C=O) groups is 1. The van der Waals surface area contributed by atoms with Gasteiger partial charge >= 0.3 is 5.97 Å². The molecule has 0 amide bonds. The van der Waals surface area contributed by atoms with Crippen LogP contribution in [0.3, 0.4) is 0 Å². The Balaban J connectivity index is 1.73. The third-order valence-electron chi connectivity index (χ3n) is 4.19. The van der Waals surface area contributed by atoms with E-state index in [1.54, 1.807) is 7.11 Å². The van der Waals surface area contributed by atoms with E-state index in [9.17, 15) is 4.79 Å². The molecule has 2 rings (SSSR count). The van der Waals surface area contributed by atoms with Crippen LogP contribution < -0.4 is 5.32 Å². The second-order valence-corrected chi connectivity index (χ2v) is 5.70. The minimum absolute atomic E-state index is 0.0535. The minimum Gasteiger partial charge on any atom is -0.469 e. The van der Waals surface area contributed by atoms with Gasteiger partial charge in [-0.3, -0.25) is 4.79 Å². The predicted molar refractivity (Wildman–Crippen MR) is 81.8 cm³/mol. The van der Waals surface area contributed by atoms with Gasteiger partial charge in [-0.2, -0.15) is 0 Å². The number of methoxy groups -OCH3 is 2. The van der Waals surface area contributed by atoms with Crippen molar-refractivity contribution in [2.24, 2.45) is 5.92 Å². The Labute approximate surface area is 126 Å². The van der Waals surface area contributed by atoms with Gasteiger partial charge in [-0.05, 0) is 36.8 Å². The van der Waals surface area contributed by atoms with E-state index in [-0.39, 0.29) is 11.9 Å². The highest BCUT2D eigenvalue weighted by atomic mass is 16.5. The van der Waals surface area contributed by atoms with Crippen LogP contribution in [0.5, 0.6) is 0 Å². The molecule has 0 unspecified atom stereocenters. The van der Waals surface area contributed by atoms with Gasteiger partial charge in [0.2, 0.25) is 0 Å². The average molecular weight is 291 g/mol. The number of hydrogen-bond donors (Lipinski definition) is 1. The molecular formula is C17H25NO3. The Hall–Kier alpha value is -1.39. The predicted octanol–water partition coefficient (Wildman–Crippen LogP) is 2.65. The van der Waals surface area contributed by atoms with Gasteiger partial charge < -0.3 is 14.8 Å². The Morgan fingerprint density at radius 1 is 1.10 bits per heavy atom. The lowest BCUT2D eigenvalue weighted by Gasteiger charge is -2.27. The van der Waals surface area contributed by atoms with E-state index in [0.717, 1.165) is 32.2 Å². The molecule has 0 spiro atoms. The van der Waals surface area contributed by atoms with Gasteiger partial charge in [0.15, 0.2) is 0 Å². The van der Waals surface area contributed by atoms with Gasteiger partial charge in [0.1, 0.15) is 0 Å². The molecule has 1 fully saturated rings. The van der Waals surface area contributed by atoms with Crippen LogP contribution in [0.1, 0.15) is 36.8 Å². The van der Waals surface area contributed by atoms with Crippen LogP contribution in [0.4, 0.5) is 0 Å². The molecular weight excluding hydrogens is 266 g/mol. The molecule has 1 aliphatic rings. The summed E-state index contributed by atoms with van der Waals surface area (Å²) in [4.78, 5) is 11.5. The first-order chi connectivity index (χ1) is 10.2. The fourth-order valence-electron chi connectivity index (χ4n) is 2.88. The number of carbonyl (C=O) groups excluding carboxylic acids is 1. The summed E-state index contributed by atoms with van der Waals surface area (Å²) < 4.78 is 9.92. The van der Waals surface area contributed by atoms with Gasteiger partial charge in [0.05, 0.1) is 19.6 Å². The van der Waals surface area contributed by atoms with E-state index in [2.05, 4.69) is 29.6 Å². The molecule has 1 aromatic rings. The summed E-state index contributed by atoms with van der Waals surface area (Å²) in [6.45, 7) is 1.53. The van der Waals surface area contributed by atoms with Crippen LogP contribution in [0.15, 0.2) is 24.3 Å². The molecule has 1 aliphatic carbocycles. The maximum Gasteiger partial charge on any atom is 0.308 e. The molecule has 0 heterocycles. The van der Waals surface area contributed by atoms with Crippen LogP contribution >= 0.6 is 0 Å². The van der Waals surface area contributed by atoms with Crippen LogP contribution in [0.25, 0.3) is 0 Å². The van der Waals surface area contributed by atoms with Gasteiger partial charge in [0.25, 0.3) is 0 Å². The zero-order valence-corrected chi connectivity index (χ0v) is 12.9. The highest BCUT2D eigenvalue weighted by molar-refractivity contribution is 5.72. The number of hydrogen-bond acceptors (Lipinski definition) is 4. The standard InChI is InChI=1S/C17H25NO3/c1-20-12-14-5-3-13(4-6-14)11-18-16-9-7-15(8-10-16)17(19)21-2/h3-6,15-16,18H,7-12H2,1-2H3. The van der Waals surface area contributed by atoms with Crippen molar-refractivity contribution in [3.63, 3.8) is 0 Å². The molecule has 0 atom stereocenters. The first-order valence-corrected chi connectivity index (χ1v) is 7.61. The maximum absolute atomic E-state index is 11.5. The number of nitrogens with one attached hydrogen (secondary N) is 1. The highest BCUT2D eigenvalue weighted by Crippen LogP contribution is 2.25. The molecule has 4 nitrogen and oxygen atoms in total. The second-order valence-electron chi connectivity index (χ2n) is 5.70. The van der Waals surface area contributed by atoms with E-state index in [4.69, 9.17) is 9.47 Å². The van der Waals surface area contributed by atoms with Crippen molar-refractivity contribution in [1.29, 1.82) is 0 Å². The Morgan fingerprint density at radius 3 is 2.29 bits per heavy atom. The van der Waals surface area contributed by atoms with E-state index >= 15 is 0 Å². The van der Waals surface area contributed by atoms with Crippen molar-refractivity contribution in [2.45, 2.75) is 44.9 Å². The van der Waals surface area contributed by atoms with Crippen LogP contribution in [-0.2, 0) is 27.4 Å². The van der Waals surface area contributed by atoms with Crippen molar-refractivity contribution in [3.8, 4) is 0 Å². The number of ether oxygens (including phenoxy) is 2. The van der Waals surface area contributed by atoms with E-state index in [0.29, 0.717) is 12.6 Å². The number of rotatable bonds is 6. The quantitative estimate of drug-likeness (QED) is 0.819. The summed E-state index contributed by atoms with van der Waals surface area (Å²) in [5.74, 6) is 0.0450. The molecule has 0 bridgehead atoms. The molecule has 0 aliphatic heterocycles. The van der Waals surface area contributed by atoms with Crippen molar-refractivity contribution in [3.05, 3.63) is 35.4 Å². The van der Waals surface area contributed by atoms with Gasteiger partial charge in [-0.25, -0.2) is 0 Å². The number of benzene rings is 1. The number of esters is 1. The second kappa shape index (κ2) is 8.15. The fourth-order valence-corrected chi connectivity index (χ4v) is 2.88. The summed E-state index contributed by atoms with van der Waals surface area (Å²) in [5.41, 5.74) is 2.48. The SMILES string of the molecule is COCc1ccc(CNC2CCC(C(=O)OC)CC2)cc1. The lowest BCUT2D eigenvalue weighted by Crippen LogP contribution is -2.34. The van der Waals surface area contributed by atoms with Crippen LogP contribution in [0, 0.1) is 5.92 Å². The highest BCUT2D eigenvalue weighted by Gasteiger charge is 2.26.